The zero-order valence-electron chi connectivity index (χ0n) is 11.6. The molecule has 0 amide bonds. The van der Waals surface area contributed by atoms with E-state index in [1.165, 1.54) is 0 Å². The Labute approximate surface area is 116 Å². The SMILES string of the molecule is C\C=C/C=C1\C(=C\C)\C(=C/C)C(S)(CO)\C1=C\C. The Morgan fingerprint density at radius 1 is 1.00 bits per heavy atom. The number of thiol groups is 1. The van der Waals surface area contributed by atoms with Crippen LogP contribution in [0.4, 0.5) is 0 Å². The lowest BCUT2D eigenvalue weighted by atomic mass is 9.96. The predicted octanol–water partition coefficient (Wildman–Crippen LogP) is 4.00. The Morgan fingerprint density at radius 3 is 1.94 bits per heavy atom. The largest absolute Gasteiger partial charge is 0.394 e. The van der Waals surface area contributed by atoms with E-state index in [9.17, 15) is 5.11 Å². The van der Waals surface area contributed by atoms with Crippen LogP contribution in [-0.4, -0.2) is 16.5 Å². The van der Waals surface area contributed by atoms with Gasteiger partial charge in [-0.1, -0.05) is 36.5 Å². The summed E-state index contributed by atoms with van der Waals surface area (Å²) in [7, 11) is 0. The molecule has 0 spiro atoms. The average molecular weight is 262 g/mol. The molecular formula is C16H22OS. The predicted molar refractivity (Wildman–Crippen MR) is 83.0 cm³/mol. The molecule has 1 aliphatic carbocycles. The normalized spacial score (nSPS) is 33.7. The van der Waals surface area contributed by atoms with Crippen molar-refractivity contribution in [1.29, 1.82) is 0 Å². The molecule has 1 saturated carbocycles. The van der Waals surface area contributed by atoms with E-state index >= 15 is 0 Å². The highest BCUT2D eigenvalue weighted by atomic mass is 32.1. The van der Waals surface area contributed by atoms with Gasteiger partial charge < -0.3 is 5.11 Å². The van der Waals surface area contributed by atoms with E-state index in [0.29, 0.717) is 0 Å². The highest BCUT2D eigenvalue weighted by molar-refractivity contribution is 7.82. The minimum atomic E-state index is -0.585. The first-order valence-electron chi connectivity index (χ1n) is 6.27. The maximum Gasteiger partial charge on any atom is 0.0863 e. The quantitative estimate of drug-likeness (QED) is 0.721. The number of hydrogen-bond donors (Lipinski definition) is 2. The zero-order chi connectivity index (χ0) is 13.8. The van der Waals surface area contributed by atoms with Gasteiger partial charge in [-0.15, -0.1) is 0 Å². The summed E-state index contributed by atoms with van der Waals surface area (Å²) in [6.07, 6.45) is 12.3. The van der Waals surface area contributed by atoms with E-state index in [1.54, 1.807) is 0 Å². The minimum Gasteiger partial charge on any atom is -0.394 e. The van der Waals surface area contributed by atoms with Crippen LogP contribution in [-0.2, 0) is 0 Å². The second-order valence-electron chi connectivity index (χ2n) is 4.23. The Hall–Kier alpha value is -0.990. The molecule has 1 unspecified atom stereocenters. The fourth-order valence-electron chi connectivity index (χ4n) is 2.52. The summed E-state index contributed by atoms with van der Waals surface area (Å²) in [5, 5.41) is 9.75. The van der Waals surface area contributed by atoms with Gasteiger partial charge in [-0.05, 0) is 50.0 Å². The summed E-state index contributed by atoms with van der Waals surface area (Å²) >= 11 is 4.73. The third-order valence-corrected chi connectivity index (χ3v) is 3.94. The van der Waals surface area contributed by atoms with E-state index in [1.807, 2.05) is 52.0 Å². The summed E-state index contributed by atoms with van der Waals surface area (Å²) in [6, 6.07) is 0. The molecule has 1 aliphatic rings. The Morgan fingerprint density at radius 2 is 1.56 bits per heavy atom. The average Bonchev–Trinajstić information content (AvgIpc) is 2.63. The summed E-state index contributed by atoms with van der Waals surface area (Å²) in [5.74, 6) is 0. The number of hydrogen-bond acceptors (Lipinski definition) is 2. The summed E-state index contributed by atoms with van der Waals surface area (Å²) in [5.41, 5.74) is 4.47. The molecule has 1 atom stereocenters. The fourth-order valence-corrected chi connectivity index (χ4v) is 3.02. The Kier molecular flexibility index (Phi) is 5.24. The molecule has 0 heterocycles. The number of allylic oxidation sites excluding steroid dienone is 8. The van der Waals surface area contributed by atoms with E-state index in [-0.39, 0.29) is 6.61 Å². The highest BCUT2D eigenvalue weighted by Crippen LogP contribution is 2.50. The second-order valence-corrected chi connectivity index (χ2v) is 5.00. The van der Waals surface area contributed by atoms with Crippen LogP contribution >= 0.6 is 12.6 Å². The van der Waals surface area contributed by atoms with Gasteiger partial charge in [0.2, 0.25) is 0 Å². The Balaban J connectivity index is 3.56. The molecule has 0 saturated heterocycles. The topological polar surface area (TPSA) is 20.2 Å². The van der Waals surface area contributed by atoms with Crippen LogP contribution in [0.5, 0.6) is 0 Å². The molecule has 0 bridgehead atoms. The van der Waals surface area contributed by atoms with Crippen LogP contribution in [0.2, 0.25) is 0 Å². The first-order chi connectivity index (χ1) is 8.60. The number of aliphatic hydroxyl groups excluding tert-OH is 1. The molecule has 2 heteroatoms. The molecular weight excluding hydrogens is 240 g/mol. The lowest BCUT2D eigenvalue weighted by Crippen LogP contribution is -2.27. The Bertz CT molecular complexity index is 463. The minimum absolute atomic E-state index is 0.0000228. The lowest BCUT2D eigenvalue weighted by Gasteiger charge is -2.23. The van der Waals surface area contributed by atoms with Crippen LogP contribution < -0.4 is 0 Å². The molecule has 0 aromatic rings. The van der Waals surface area contributed by atoms with Gasteiger partial charge in [-0.3, -0.25) is 0 Å². The van der Waals surface area contributed by atoms with Gasteiger partial charge in [0.05, 0.1) is 11.4 Å². The molecule has 0 aliphatic heterocycles. The number of aliphatic hydroxyl groups is 1. The van der Waals surface area contributed by atoms with Gasteiger partial charge >= 0.3 is 0 Å². The standard InChI is InChI=1S/C16H22OS/c1-5-9-10-13-12(6-2)14(7-3)16(18,11-17)15(13)8-4/h5-10,17-18H,11H2,1-4H3/b9-5-,12-6-,13-10+,14-7+,15-8+. The second kappa shape index (κ2) is 6.26. The molecule has 1 fully saturated rings. The van der Waals surface area contributed by atoms with Gasteiger partial charge in [-0.2, -0.15) is 12.6 Å². The van der Waals surface area contributed by atoms with E-state index < -0.39 is 4.75 Å². The van der Waals surface area contributed by atoms with Crippen molar-refractivity contribution in [2.24, 2.45) is 0 Å². The van der Waals surface area contributed by atoms with Crippen molar-refractivity contribution in [3.05, 3.63) is 58.7 Å². The van der Waals surface area contributed by atoms with E-state index in [0.717, 1.165) is 22.3 Å². The third kappa shape index (κ3) is 2.27. The van der Waals surface area contributed by atoms with E-state index in [4.69, 9.17) is 12.6 Å². The highest BCUT2D eigenvalue weighted by Gasteiger charge is 2.43. The molecule has 0 aromatic carbocycles. The molecule has 1 rings (SSSR count). The summed E-state index contributed by atoms with van der Waals surface area (Å²) in [4.78, 5) is 0. The monoisotopic (exact) mass is 262 g/mol. The maximum atomic E-state index is 9.75. The molecule has 0 radical (unpaired) electrons. The van der Waals surface area contributed by atoms with Gasteiger partial charge in [0.15, 0.2) is 0 Å². The van der Waals surface area contributed by atoms with Crippen LogP contribution in [0.1, 0.15) is 27.7 Å². The third-order valence-electron chi connectivity index (χ3n) is 3.31. The van der Waals surface area contributed by atoms with Crippen molar-refractivity contribution < 1.29 is 5.11 Å². The molecule has 1 N–H and O–H groups in total. The molecule has 98 valence electrons. The van der Waals surface area contributed by atoms with Gasteiger partial charge in [0.1, 0.15) is 0 Å². The summed E-state index contributed by atoms with van der Waals surface area (Å²) < 4.78 is -0.585. The fraction of sp³-hybridized carbons (Fsp3) is 0.375. The van der Waals surface area contributed by atoms with Gasteiger partial charge in [0, 0.05) is 0 Å². The van der Waals surface area contributed by atoms with Gasteiger partial charge in [-0.25, -0.2) is 0 Å². The van der Waals surface area contributed by atoms with Crippen molar-refractivity contribution in [2.75, 3.05) is 6.61 Å². The number of rotatable bonds is 2. The molecule has 1 nitrogen and oxygen atoms in total. The van der Waals surface area contributed by atoms with Crippen LogP contribution in [0.15, 0.2) is 58.7 Å². The smallest absolute Gasteiger partial charge is 0.0863 e. The van der Waals surface area contributed by atoms with Crippen molar-refractivity contribution in [2.45, 2.75) is 32.4 Å². The van der Waals surface area contributed by atoms with Crippen LogP contribution in [0.3, 0.4) is 0 Å². The van der Waals surface area contributed by atoms with Gasteiger partial charge in [0.25, 0.3) is 0 Å². The lowest BCUT2D eigenvalue weighted by molar-refractivity contribution is 0.282. The maximum absolute atomic E-state index is 9.75. The zero-order valence-corrected chi connectivity index (χ0v) is 12.5. The van der Waals surface area contributed by atoms with Crippen LogP contribution in [0.25, 0.3) is 0 Å². The first kappa shape index (κ1) is 15.1. The first-order valence-corrected chi connectivity index (χ1v) is 6.72. The van der Waals surface area contributed by atoms with E-state index in [2.05, 4.69) is 12.2 Å². The molecule has 18 heavy (non-hydrogen) atoms. The van der Waals surface area contributed by atoms with Crippen molar-refractivity contribution in [3.63, 3.8) is 0 Å². The summed E-state index contributed by atoms with van der Waals surface area (Å²) in [6.45, 7) is 8.00. The van der Waals surface area contributed by atoms with Crippen LogP contribution in [0, 0.1) is 0 Å². The van der Waals surface area contributed by atoms with Crippen molar-refractivity contribution in [3.8, 4) is 0 Å². The van der Waals surface area contributed by atoms with Crippen molar-refractivity contribution >= 4 is 12.6 Å². The van der Waals surface area contributed by atoms with Crippen molar-refractivity contribution in [1.82, 2.24) is 0 Å². The molecule has 0 aromatic heterocycles.